The lowest BCUT2D eigenvalue weighted by Crippen LogP contribution is -2.15. The summed E-state index contributed by atoms with van der Waals surface area (Å²) in [6.07, 6.45) is 1.57. The van der Waals surface area contributed by atoms with E-state index in [1.165, 1.54) is 0 Å². The molecule has 0 spiro atoms. The Morgan fingerprint density at radius 1 is 1.04 bits per heavy atom. The van der Waals surface area contributed by atoms with Gasteiger partial charge in [0.15, 0.2) is 10.7 Å². The number of nitrogens with one attached hydrogen (secondary N) is 2. The molecule has 0 unspecified atom stereocenters. The van der Waals surface area contributed by atoms with Crippen molar-refractivity contribution in [2.75, 3.05) is 10.0 Å². The summed E-state index contributed by atoms with van der Waals surface area (Å²) >= 11 is 0. The summed E-state index contributed by atoms with van der Waals surface area (Å²) in [5.74, 6) is 0.457. The molecule has 3 rings (SSSR count). The van der Waals surface area contributed by atoms with E-state index in [-0.39, 0.29) is 16.5 Å². The van der Waals surface area contributed by atoms with Gasteiger partial charge in [-0.2, -0.15) is 0 Å². The average Bonchev–Trinajstić information content (AvgIpc) is 2.91. The molecule has 0 aliphatic carbocycles. The van der Waals surface area contributed by atoms with Crippen molar-refractivity contribution in [1.82, 2.24) is 10.1 Å². The predicted octanol–water partition coefficient (Wildman–Crippen LogP) is 3.54. The van der Waals surface area contributed by atoms with Crippen LogP contribution in [0.2, 0.25) is 0 Å². The SMILES string of the molecule is Cc1ccccc1Nc1ccc(NS(=O)(=O)c2c(C)noc2C)nc1. The van der Waals surface area contributed by atoms with E-state index in [4.69, 9.17) is 4.52 Å². The van der Waals surface area contributed by atoms with Gasteiger partial charge in [-0.25, -0.2) is 13.4 Å². The summed E-state index contributed by atoms with van der Waals surface area (Å²) in [5, 5.41) is 6.91. The van der Waals surface area contributed by atoms with Crippen molar-refractivity contribution in [1.29, 1.82) is 0 Å². The Balaban J connectivity index is 1.78. The standard InChI is InChI=1S/C17H18N4O3S/c1-11-6-4-5-7-15(11)19-14-8-9-16(18-10-14)21-25(22,23)17-12(2)20-24-13(17)3/h4-10,19H,1-3H3,(H,18,21). The Kier molecular flexibility index (Phi) is 4.45. The van der Waals surface area contributed by atoms with Gasteiger partial charge >= 0.3 is 0 Å². The molecule has 0 saturated heterocycles. The van der Waals surface area contributed by atoms with Gasteiger partial charge in [-0.1, -0.05) is 23.4 Å². The zero-order valence-corrected chi connectivity index (χ0v) is 14.9. The number of anilines is 3. The number of hydrogen-bond donors (Lipinski definition) is 2. The van der Waals surface area contributed by atoms with Gasteiger partial charge in [-0.3, -0.25) is 4.72 Å². The third kappa shape index (κ3) is 3.63. The number of hydrogen-bond acceptors (Lipinski definition) is 6. The number of para-hydroxylation sites is 1. The van der Waals surface area contributed by atoms with Crippen LogP contribution in [0, 0.1) is 20.8 Å². The smallest absolute Gasteiger partial charge is 0.268 e. The molecule has 0 atom stereocenters. The summed E-state index contributed by atoms with van der Waals surface area (Å²) < 4.78 is 32.3. The Bertz CT molecular complexity index is 975. The second-order valence-corrected chi connectivity index (χ2v) is 7.25. The average molecular weight is 358 g/mol. The molecular formula is C17H18N4O3S. The van der Waals surface area contributed by atoms with Gasteiger partial charge in [-0.05, 0) is 44.5 Å². The van der Waals surface area contributed by atoms with Crippen LogP contribution in [0.1, 0.15) is 17.0 Å². The van der Waals surface area contributed by atoms with Crippen molar-refractivity contribution in [3.05, 3.63) is 59.6 Å². The molecule has 3 aromatic rings. The van der Waals surface area contributed by atoms with Gasteiger partial charge < -0.3 is 9.84 Å². The fourth-order valence-corrected chi connectivity index (χ4v) is 3.78. The van der Waals surface area contributed by atoms with Gasteiger partial charge in [0, 0.05) is 5.69 Å². The van der Waals surface area contributed by atoms with E-state index in [0.717, 1.165) is 16.9 Å². The first-order valence-electron chi connectivity index (χ1n) is 7.61. The quantitative estimate of drug-likeness (QED) is 0.724. The molecule has 0 saturated carbocycles. The maximum Gasteiger partial charge on any atom is 0.268 e. The number of benzene rings is 1. The fourth-order valence-electron chi connectivity index (χ4n) is 2.44. The van der Waals surface area contributed by atoms with E-state index in [2.05, 4.69) is 20.2 Å². The molecule has 2 N–H and O–H groups in total. The van der Waals surface area contributed by atoms with E-state index in [1.807, 2.05) is 31.2 Å². The molecule has 0 fully saturated rings. The largest absolute Gasteiger partial charge is 0.360 e. The second-order valence-electron chi connectivity index (χ2n) is 5.63. The maximum atomic E-state index is 12.5. The van der Waals surface area contributed by atoms with Crippen molar-refractivity contribution in [3.63, 3.8) is 0 Å². The molecule has 25 heavy (non-hydrogen) atoms. The third-order valence-electron chi connectivity index (χ3n) is 3.66. The van der Waals surface area contributed by atoms with Gasteiger partial charge in [0.05, 0.1) is 11.9 Å². The molecule has 2 aromatic heterocycles. The Hall–Kier alpha value is -2.87. The minimum Gasteiger partial charge on any atom is -0.360 e. The number of aromatic nitrogens is 2. The van der Waals surface area contributed by atoms with Crippen molar-refractivity contribution in [2.45, 2.75) is 25.7 Å². The molecule has 130 valence electrons. The van der Waals surface area contributed by atoms with Crippen LogP contribution in [0.4, 0.5) is 17.2 Å². The van der Waals surface area contributed by atoms with Crippen LogP contribution in [-0.4, -0.2) is 18.6 Å². The topological polar surface area (TPSA) is 97.1 Å². The first-order valence-corrected chi connectivity index (χ1v) is 9.09. The molecule has 2 heterocycles. The second kappa shape index (κ2) is 6.56. The molecule has 8 heteroatoms. The third-order valence-corrected chi connectivity index (χ3v) is 5.26. The van der Waals surface area contributed by atoms with Crippen molar-refractivity contribution < 1.29 is 12.9 Å². The molecule has 0 bridgehead atoms. The number of nitrogens with zero attached hydrogens (tertiary/aromatic N) is 2. The van der Waals surface area contributed by atoms with Crippen molar-refractivity contribution >= 4 is 27.2 Å². The van der Waals surface area contributed by atoms with E-state index in [9.17, 15) is 8.42 Å². The molecule has 7 nitrogen and oxygen atoms in total. The van der Waals surface area contributed by atoms with E-state index in [0.29, 0.717) is 5.69 Å². The Morgan fingerprint density at radius 3 is 2.40 bits per heavy atom. The first kappa shape index (κ1) is 17.0. The van der Waals surface area contributed by atoms with Crippen LogP contribution in [0.3, 0.4) is 0 Å². The molecule has 0 radical (unpaired) electrons. The lowest BCUT2D eigenvalue weighted by atomic mass is 10.2. The summed E-state index contributed by atoms with van der Waals surface area (Å²) in [5.41, 5.74) is 3.14. The highest BCUT2D eigenvalue weighted by molar-refractivity contribution is 7.92. The lowest BCUT2D eigenvalue weighted by molar-refractivity contribution is 0.390. The highest BCUT2D eigenvalue weighted by Crippen LogP contribution is 2.23. The van der Waals surface area contributed by atoms with Crippen LogP contribution >= 0.6 is 0 Å². The molecule has 0 amide bonds. The van der Waals surface area contributed by atoms with Crippen LogP contribution in [0.15, 0.2) is 52.0 Å². The van der Waals surface area contributed by atoms with E-state index >= 15 is 0 Å². The van der Waals surface area contributed by atoms with Gasteiger partial charge in [0.25, 0.3) is 10.0 Å². The number of rotatable bonds is 5. The Labute approximate surface area is 146 Å². The summed E-state index contributed by atoms with van der Waals surface area (Å²) in [7, 11) is -3.80. The number of aryl methyl sites for hydroxylation is 3. The summed E-state index contributed by atoms with van der Waals surface area (Å²) in [6.45, 7) is 5.13. The van der Waals surface area contributed by atoms with Crippen LogP contribution in [0.25, 0.3) is 0 Å². The number of pyridine rings is 1. The maximum absolute atomic E-state index is 12.5. The minimum absolute atomic E-state index is 0.0383. The van der Waals surface area contributed by atoms with Gasteiger partial charge in [-0.15, -0.1) is 0 Å². The van der Waals surface area contributed by atoms with Crippen molar-refractivity contribution in [3.8, 4) is 0 Å². The van der Waals surface area contributed by atoms with E-state index < -0.39 is 10.0 Å². The minimum atomic E-state index is -3.80. The normalized spacial score (nSPS) is 11.3. The van der Waals surface area contributed by atoms with Gasteiger partial charge in [0.2, 0.25) is 0 Å². The highest BCUT2D eigenvalue weighted by atomic mass is 32.2. The Morgan fingerprint density at radius 2 is 1.80 bits per heavy atom. The molecular weight excluding hydrogens is 340 g/mol. The zero-order valence-electron chi connectivity index (χ0n) is 14.1. The predicted molar refractivity (Wildman–Crippen MR) is 95.5 cm³/mol. The van der Waals surface area contributed by atoms with Crippen LogP contribution < -0.4 is 10.0 Å². The zero-order chi connectivity index (χ0) is 18.0. The first-order chi connectivity index (χ1) is 11.9. The highest BCUT2D eigenvalue weighted by Gasteiger charge is 2.24. The molecule has 1 aromatic carbocycles. The molecule has 0 aliphatic rings. The van der Waals surface area contributed by atoms with Crippen LogP contribution in [0.5, 0.6) is 0 Å². The lowest BCUT2D eigenvalue weighted by Gasteiger charge is -2.10. The fraction of sp³-hybridized carbons (Fsp3) is 0.176. The van der Waals surface area contributed by atoms with Gasteiger partial charge in [0.1, 0.15) is 11.5 Å². The van der Waals surface area contributed by atoms with E-state index in [1.54, 1.807) is 32.2 Å². The summed E-state index contributed by atoms with van der Waals surface area (Å²) in [6, 6.07) is 11.2. The van der Waals surface area contributed by atoms with Crippen LogP contribution in [-0.2, 0) is 10.0 Å². The summed E-state index contributed by atoms with van der Waals surface area (Å²) in [4.78, 5) is 4.19. The van der Waals surface area contributed by atoms with Crippen molar-refractivity contribution in [2.24, 2.45) is 0 Å². The molecule has 0 aliphatic heterocycles. The number of sulfonamides is 1. The monoisotopic (exact) mass is 358 g/mol.